The maximum absolute atomic E-state index is 5.93. The van der Waals surface area contributed by atoms with Crippen LogP contribution in [0.3, 0.4) is 0 Å². The highest BCUT2D eigenvalue weighted by molar-refractivity contribution is 7.19. The molecule has 0 radical (unpaired) electrons. The lowest BCUT2D eigenvalue weighted by atomic mass is 9.96. The highest BCUT2D eigenvalue weighted by Crippen LogP contribution is 2.41. The van der Waals surface area contributed by atoms with E-state index in [1.807, 2.05) is 0 Å². The molecule has 0 bridgehead atoms. The number of hydrogen-bond acceptors (Lipinski definition) is 3. The molecule has 0 aromatic heterocycles. The van der Waals surface area contributed by atoms with Gasteiger partial charge < -0.3 is 14.1 Å². The Balaban J connectivity index is 1.90. The molecule has 2 aromatic carbocycles. The molecule has 0 amide bonds. The van der Waals surface area contributed by atoms with Crippen LogP contribution in [0, 0.1) is 13.8 Å². The Morgan fingerprint density at radius 3 is 2.90 bits per heavy atom. The zero-order valence-electron chi connectivity index (χ0n) is 12.5. The number of ether oxygens (including phenoxy) is 2. The average molecular weight is 301 g/mol. The van der Waals surface area contributed by atoms with Crippen LogP contribution in [-0.2, 0) is 11.2 Å². The number of nitrogens with zero attached hydrogens (tertiary/aromatic N) is 1. The molecule has 1 unspecified atom stereocenters. The minimum atomic E-state index is 0.385. The molecule has 2 heterocycles. The first-order valence-corrected chi connectivity index (χ1v) is 7.99. The summed E-state index contributed by atoms with van der Waals surface area (Å²) in [5, 5.41) is 2.59. The summed E-state index contributed by atoms with van der Waals surface area (Å²) in [6.45, 7) is 6.99. The molecule has 2 atom stereocenters. The van der Waals surface area contributed by atoms with Crippen molar-refractivity contribution in [3.8, 4) is 5.75 Å². The van der Waals surface area contributed by atoms with E-state index < -0.39 is 0 Å². The van der Waals surface area contributed by atoms with E-state index in [0.717, 1.165) is 31.9 Å². The predicted molar refractivity (Wildman–Crippen MR) is 89.4 cm³/mol. The Kier molecular flexibility index (Phi) is 3.09. The van der Waals surface area contributed by atoms with Crippen molar-refractivity contribution >= 4 is 25.9 Å². The quantitative estimate of drug-likeness (QED) is 0.642. The van der Waals surface area contributed by atoms with Gasteiger partial charge in [0.25, 0.3) is 0 Å². The Labute approximate surface area is 127 Å². The first-order chi connectivity index (χ1) is 10.1. The Hall–Kier alpha value is -1.31. The van der Waals surface area contributed by atoms with Gasteiger partial charge in [-0.3, -0.25) is 0 Å². The predicted octanol–water partition coefficient (Wildman–Crippen LogP) is 3.39. The standard InChI is InChI=1S/C17H20NO2P/c1-10-7-15(18(21)8-13-9-20-13)11(2)16-14(10)4-3-12-5-6-19-17(12)16/h3-4,7,13H,5-6,8-9,21H2,1-2H3/t13-/m0/s1. The van der Waals surface area contributed by atoms with Gasteiger partial charge in [-0.15, -0.1) is 0 Å². The Morgan fingerprint density at radius 1 is 1.33 bits per heavy atom. The lowest BCUT2D eigenvalue weighted by Crippen LogP contribution is -2.17. The van der Waals surface area contributed by atoms with Gasteiger partial charge in [-0.05, 0) is 51.4 Å². The van der Waals surface area contributed by atoms with Crippen LogP contribution < -0.4 is 9.41 Å². The van der Waals surface area contributed by atoms with Crippen LogP contribution in [0.5, 0.6) is 5.75 Å². The molecule has 0 N–H and O–H groups in total. The first kappa shape index (κ1) is 13.4. The van der Waals surface area contributed by atoms with E-state index in [1.54, 1.807) is 0 Å². The van der Waals surface area contributed by atoms with E-state index in [0.29, 0.717) is 6.10 Å². The summed E-state index contributed by atoms with van der Waals surface area (Å²) >= 11 is 0. The average Bonchev–Trinajstić information content (AvgIpc) is 3.15. The molecule has 3 nitrogen and oxygen atoms in total. The van der Waals surface area contributed by atoms with Crippen LogP contribution in [0.1, 0.15) is 16.7 Å². The highest BCUT2D eigenvalue weighted by Gasteiger charge is 2.26. The molecule has 110 valence electrons. The van der Waals surface area contributed by atoms with E-state index in [9.17, 15) is 0 Å². The van der Waals surface area contributed by atoms with E-state index >= 15 is 0 Å². The maximum Gasteiger partial charge on any atom is 0.130 e. The van der Waals surface area contributed by atoms with Gasteiger partial charge in [0.2, 0.25) is 0 Å². The van der Waals surface area contributed by atoms with Gasteiger partial charge in [0.05, 0.1) is 19.3 Å². The van der Waals surface area contributed by atoms with Crippen LogP contribution in [0.25, 0.3) is 10.8 Å². The van der Waals surface area contributed by atoms with Crippen molar-refractivity contribution in [2.75, 3.05) is 24.4 Å². The van der Waals surface area contributed by atoms with Crippen LogP contribution >= 0.6 is 9.39 Å². The number of epoxide rings is 1. The van der Waals surface area contributed by atoms with Gasteiger partial charge in [0, 0.05) is 24.0 Å². The largest absolute Gasteiger partial charge is 0.492 e. The van der Waals surface area contributed by atoms with Crippen LogP contribution in [-0.4, -0.2) is 25.9 Å². The summed E-state index contributed by atoms with van der Waals surface area (Å²) in [5.74, 6) is 1.09. The molecule has 2 aromatic rings. The molecule has 1 saturated heterocycles. The van der Waals surface area contributed by atoms with E-state index in [4.69, 9.17) is 9.47 Å². The van der Waals surface area contributed by atoms with Crippen molar-refractivity contribution in [3.63, 3.8) is 0 Å². The van der Waals surface area contributed by atoms with Gasteiger partial charge >= 0.3 is 0 Å². The smallest absolute Gasteiger partial charge is 0.130 e. The molecule has 21 heavy (non-hydrogen) atoms. The molecular weight excluding hydrogens is 281 g/mol. The third-order valence-electron chi connectivity index (χ3n) is 4.51. The summed E-state index contributed by atoms with van der Waals surface area (Å²) in [7, 11) is 2.84. The lowest BCUT2D eigenvalue weighted by molar-refractivity contribution is 0.360. The van der Waals surface area contributed by atoms with Gasteiger partial charge in [-0.2, -0.15) is 0 Å². The van der Waals surface area contributed by atoms with Crippen molar-refractivity contribution in [2.45, 2.75) is 26.4 Å². The van der Waals surface area contributed by atoms with Gasteiger partial charge in [-0.1, -0.05) is 12.1 Å². The number of hydrogen-bond donors (Lipinski definition) is 0. The van der Waals surface area contributed by atoms with Gasteiger partial charge in [0.15, 0.2) is 0 Å². The summed E-state index contributed by atoms with van der Waals surface area (Å²) in [4.78, 5) is 0. The topological polar surface area (TPSA) is 25.0 Å². The summed E-state index contributed by atoms with van der Waals surface area (Å²) in [6, 6.07) is 6.73. The Morgan fingerprint density at radius 2 is 2.14 bits per heavy atom. The SMILES string of the molecule is Cc1cc(N(P)C[C@H]2CO2)c(C)c2c3c(ccc12)CCO3. The summed E-state index contributed by atoms with van der Waals surface area (Å²) < 4.78 is 13.5. The molecular formula is C17H20NO2P. The van der Waals surface area contributed by atoms with E-state index in [2.05, 4.69) is 46.1 Å². The molecule has 4 heteroatoms. The highest BCUT2D eigenvalue weighted by atomic mass is 31.0. The van der Waals surface area contributed by atoms with Crippen molar-refractivity contribution in [1.29, 1.82) is 0 Å². The zero-order valence-corrected chi connectivity index (χ0v) is 13.6. The minimum Gasteiger partial charge on any atom is -0.492 e. The van der Waals surface area contributed by atoms with Crippen molar-refractivity contribution in [3.05, 3.63) is 34.9 Å². The monoisotopic (exact) mass is 301 g/mol. The molecule has 4 rings (SSSR count). The molecule has 0 spiro atoms. The minimum absolute atomic E-state index is 0.385. The summed E-state index contributed by atoms with van der Waals surface area (Å²) in [5.41, 5.74) is 5.19. The maximum atomic E-state index is 5.93. The molecule has 1 fully saturated rings. The molecule has 2 aliphatic heterocycles. The second-order valence-electron chi connectivity index (χ2n) is 6.02. The van der Waals surface area contributed by atoms with E-state index in [-0.39, 0.29) is 0 Å². The van der Waals surface area contributed by atoms with Crippen molar-refractivity contribution in [2.24, 2.45) is 0 Å². The number of aryl methyl sites for hydroxylation is 2. The zero-order chi connectivity index (χ0) is 14.6. The normalized spacial score (nSPS) is 19.5. The van der Waals surface area contributed by atoms with Crippen molar-refractivity contribution < 1.29 is 9.47 Å². The molecule has 0 aliphatic carbocycles. The molecule has 2 aliphatic rings. The van der Waals surface area contributed by atoms with Gasteiger partial charge in [-0.25, -0.2) is 0 Å². The van der Waals surface area contributed by atoms with Crippen LogP contribution in [0.15, 0.2) is 18.2 Å². The van der Waals surface area contributed by atoms with Crippen LogP contribution in [0.2, 0.25) is 0 Å². The lowest BCUT2D eigenvalue weighted by Gasteiger charge is -2.23. The second kappa shape index (κ2) is 4.86. The fourth-order valence-electron chi connectivity index (χ4n) is 3.26. The van der Waals surface area contributed by atoms with Crippen molar-refractivity contribution in [1.82, 2.24) is 0 Å². The number of anilines is 1. The summed E-state index contributed by atoms with van der Waals surface area (Å²) in [6.07, 6.45) is 1.41. The van der Waals surface area contributed by atoms with Gasteiger partial charge in [0.1, 0.15) is 5.75 Å². The fraction of sp³-hybridized carbons (Fsp3) is 0.412. The van der Waals surface area contributed by atoms with E-state index in [1.165, 1.54) is 33.2 Å². The third-order valence-corrected chi connectivity index (χ3v) is 5.00. The molecule has 0 saturated carbocycles. The Bertz CT molecular complexity index is 725. The number of fused-ring (bicyclic) bond motifs is 3. The fourth-order valence-corrected chi connectivity index (χ4v) is 3.76. The second-order valence-corrected chi connectivity index (χ2v) is 6.64. The third kappa shape index (κ3) is 2.20. The number of benzene rings is 2. The van der Waals surface area contributed by atoms with Crippen LogP contribution in [0.4, 0.5) is 5.69 Å². The number of rotatable bonds is 3. The first-order valence-electron chi connectivity index (χ1n) is 7.47.